The molecule has 0 aliphatic heterocycles. The molecule has 1 saturated carbocycles. The van der Waals surface area contributed by atoms with Gasteiger partial charge in [0.15, 0.2) is 0 Å². The molecule has 0 saturated heterocycles. The second kappa shape index (κ2) is 6.20. The first-order chi connectivity index (χ1) is 8.69. The standard InChI is InChI=1S/C13H23N3O2/c1-3-12-13(7-16(2)15-12)14-6-11(17)9-18-8-10-4-5-10/h7,10-11,14,17H,3-6,8-9H2,1-2H3. The van der Waals surface area contributed by atoms with Crippen molar-refractivity contribution in [3.63, 3.8) is 0 Å². The van der Waals surface area contributed by atoms with Crippen LogP contribution in [0.25, 0.3) is 0 Å². The molecule has 1 unspecified atom stereocenters. The lowest BCUT2D eigenvalue weighted by atomic mass is 10.3. The van der Waals surface area contributed by atoms with Gasteiger partial charge >= 0.3 is 0 Å². The molecule has 102 valence electrons. The number of rotatable bonds is 8. The number of ether oxygens (including phenoxy) is 1. The quantitative estimate of drug-likeness (QED) is 0.730. The topological polar surface area (TPSA) is 59.3 Å². The number of aliphatic hydroxyl groups is 1. The molecule has 0 aromatic carbocycles. The van der Waals surface area contributed by atoms with E-state index in [4.69, 9.17) is 4.74 Å². The fraction of sp³-hybridized carbons (Fsp3) is 0.769. The summed E-state index contributed by atoms with van der Waals surface area (Å²) < 4.78 is 7.25. The third kappa shape index (κ3) is 3.99. The minimum atomic E-state index is -0.464. The van der Waals surface area contributed by atoms with Crippen molar-refractivity contribution in [2.75, 3.05) is 25.1 Å². The van der Waals surface area contributed by atoms with E-state index in [0.717, 1.165) is 30.3 Å². The molecule has 0 radical (unpaired) electrons. The van der Waals surface area contributed by atoms with Gasteiger partial charge in [0, 0.05) is 26.4 Å². The van der Waals surface area contributed by atoms with Crippen LogP contribution in [0.2, 0.25) is 0 Å². The highest BCUT2D eigenvalue weighted by Gasteiger charge is 2.21. The lowest BCUT2D eigenvalue weighted by molar-refractivity contribution is 0.0386. The number of anilines is 1. The van der Waals surface area contributed by atoms with Crippen LogP contribution < -0.4 is 5.32 Å². The van der Waals surface area contributed by atoms with Crippen molar-refractivity contribution in [1.29, 1.82) is 0 Å². The minimum absolute atomic E-state index is 0.408. The summed E-state index contributed by atoms with van der Waals surface area (Å²) in [6.07, 6.45) is 4.93. The number of hydrogen-bond donors (Lipinski definition) is 2. The number of nitrogens with zero attached hydrogens (tertiary/aromatic N) is 2. The van der Waals surface area contributed by atoms with Gasteiger partial charge in [0.2, 0.25) is 0 Å². The van der Waals surface area contributed by atoms with Crippen LogP contribution in [-0.2, 0) is 18.2 Å². The zero-order valence-corrected chi connectivity index (χ0v) is 11.2. The molecule has 18 heavy (non-hydrogen) atoms. The molecular formula is C13H23N3O2. The Balaban J connectivity index is 1.68. The highest BCUT2D eigenvalue weighted by Crippen LogP contribution is 2.28. The first-order valence-corrected chi connectivity index (χ1v) is 6.71. The second-order valence-corrected chi connectivity index (χ2v) is 5.03. The van der Waals surface area contributed by atoms with Gasteiger partial charge in [-0.15, -0.1) is 0 Å². The molecule has 1 aromatic heterocycles. The molecule has 1 aliphatic carbocycles. The normalized spacial score (nSPS) is 16.8. The van der Waals surface area contributed by atoms with E-state index in [1.165, 1.54) is 12.8 Å². The molecule has 1 heterocycles. The van der Waals surface area contributed by atoms with Gasteiger partial charge in [-0.05, 0) is 25.2 Å². The van der Waals surface area contributed by atoms with E-state index in [1.807, 2.05) is 13.2 Å². The van der Waals surface area contributed by atoms with E-state index in [-0.39, 0.29) is 0 Å². The Morgan fingerprint density at radius 2 is 2.39 bits per heavy atom. The maximum atomic E-state index is 9.80. The SMILES string of the molecule is CCc1nn(C)cc1NCC(O)COCC1CC1. The molecule has 1 aliphatic rings. The fourth-order valence-electron chi connectivity index (χ4n) is 1.89. The summed E-state index contributed by atoms with van der Waals surface area (Å²) in [7, 11) is 1.90. The first kappa shape index (κ1) is 13.4. The monoisotopic (exact) mass is 253 g/mol. The summed E-state index contributed by atoms with van der Waals surface area (Å²) in [5, 5.41) is 17.4. The van der Waals surface area contributed by atoms with Gasteiger partial charge in [0.25, 0.3) is 0 Å². The Bertz CT molecular complexity index is 374. The van der Waals surface area contributed by atoms with Gasteiger partial charge in [0.1, 0.15) is 0 Å². The summed E-state index contributed by atoms with van der Waals surface area (Å²) in [6.45, 7) is 3.78. The average Bonchev–Trinajstić information content (AvgIpc) is 3.09. The Labute approximate surface area is 108 Å². The zero-order valence-electron chi connectivity index (χ0n) is 11.2. The average molecular weight is 253 g/mol. The Hall–Kier alpha value is -1.07. The Morgan fingerprint density at radius 1 is 1.61 bits per heavy atom. The molecule has 5 heteroatoms. The van der Waals surface area contributed by atoms with Crippen LogP contribution in [-0.4, -0.2) is 40.7 Å². The highest BCUT2D eigenvalue weighted by molar-refractivity contribution is 5.46. The van der Waals surface area contributed by atoms with Crippen LogP contribution in [0.15, 0.2) is 6.20 Å². The maximum Gasteiger partial charge on any atom is 0.0945 e. The summed E-state index contributed by atoms with van der Waals surface area (Å²) in [5.41, 5.74) is 2.03. The molecular weight excluding hydrogens is 230 g/mol. The summed E-state index contributed by atoms with van der Waals surface area (Å²) in [5.74, 6) is 0.746. The van der Waals surface area contributed by atoms with Crippen LogP contribution in [0.1, 0.15) is 25.5 Å². The predicted molar refractivity (Wildman–Crippen MR) is 70.6 cm³/mol. The number of aryl methyl sites for hydroxylation is 2. The van der Waals surface area contributed by atoms with Gasteiger partial charge < -0.3 is 15.2 Å². The van der Waals surface area contributed by atoms with Gasteiger partial charge in [-0.2, -0.15) is 5.10 Å². The molecule has 0 spiro atoms. The number of hydrogen-bond acceptors (Lipinski definition) is 4. The second-order valence-electron chi connectivity index (χ2n) is 5.03. The maximum absolute atomic E-state index is 9.80. The summed E-state index contributed by atoms with van der Waals surface area (Å²) >= 11 is 0. The summed E-state index contributed by atoms with van der Waals surface area (Å²) in [4.78, 5) is 0. The third-order valence-electron chi connectivity index (χ3n) is 3.13. The van der Waals surface area contributed by atoms with Gasteiger partial charge in [0.05, 0.1) is 24.1 Å². The van der Waals surface area contributed by atoms with Gasteiger partial charge in [-0.3, -0.25) is 4.68 Å². The Morgan fingerprint density at radius 3 is 3.06 bits per heavy atom. The molecule has 1 aromatic rings. The van der Waals surface area contributed by atoms with Crippen molar-refractivity contribution < 1.29 is 9.84 Å². The van der Waals surface area contributed by atoms with Crippen LogP contribution in [0.4, 0.5) is 5.69 Å². The zero-order chi connectivity index (χ0) is 13.0. The van der Waals surface area contributed by atoms with E-state index < -0.39 is 6.10 Å². The van der Waals surface area contributed by atoms with Crippen molar-refractivity contribution in [3.05, 3.63) is 11.9 Å². The van der Waals surface area contributed by atoms with Crippen molar-refractivity contribution in [2.24, 2.45) is 13.0 Å². The van der Waals surface area contributed by atoms with Crippen molar-refractivity contribution >= 4 is 5.69 Å². The lowest BCUT2D eigenvalue weighted by Crippen LogP contribution is -2.25. The smallest absolute Gasteiger partial charge is 0.0945 e. The molecule has 1 fully saturated rings. The van der Waals surface area contributed by atoms with Gasteiger partial charge in [-0.25, -0.2) is 0 Å². The van der Waals surface area contributed by atoms with E-state index in [0.29, 0.717) is 13.2 Å². The van der Waals surface area contributed by atoms with E-state index in [9.17, 15) is 5.11 Å². The van der Waals surface area contributed by atoms with E-state index in [1.54, 1.807) is 4.68 Å². The van der Waals surface area contributed by atoms with Crippen LogP contribution in [0.3, 0.4) is 0 Å². The van der Waals surface area contributed by atoms with Crippen molar-refractivity contribution in [3.8, 4) is 0 Å². The van der Waals surface area contributed by atoms with E-state index >= 15 is 0 Å². The Kier molecular flexibility index (Phi) is 4.60. The molecule has 0 bridgehead atoms. The number of aliphatic hydroxyl groups excluding tert-OH is 1. The predicted octanol–water partition coefficient (Wildman–Crippen LogP) is 1.18. The summed E-state index contributed by atoms with van der Waals surface area (Å²) in [6, 6.07) is 0. The molecule has 0 amide bonds. The minimum Gasteiger partial charge on any atom is -0.389 e. The highest BCUT2D eigenvalue weighted by atomic mass is 16.5. The molecule has 5 nitrogen and oxygen atoms in total. The van der Waals surface area contributed by atoms with Crippen molar-refractivity contribution in [1.82, 2.24) is 9.78 Å². The fourth-order valence-corrected chi connectivity index (χ4v) is 1.89. The third-order valence-corrected chi connectivity index (χ3v) is 3.13. The van der Waals surface area contributed by atoms with Crippen LogP contribution in [0, 0.1) is 5.92 Å². The molecule has 1 atom stereocenters. The van der Waals surface area contributed by atoms with Crippen molar-refractivity contribution in [2.45, 2.75) is 32.3 Å². The number of nitrogens with one attached hydrogen (secondary N) is 1. The number of aromatic nitrogens is 2. The van der Waals surface area contributed by atoms with Crippen LogP contribution >= 0.6 is 0 Å². The van der Waals surface area contributed by atoms with Crippen LogP contribution in [0.5, 0.6) is 0 Å². The van der Waals surface area contributed by atoms with Gasteiger partial charge in [-0.1, -0.05) is 6.92 Å². The van der Waals surface area contributed by atoms with E-state index in [2.05, 4.69) is 17.3 Å². The first-order valence-electron chi connectivity index (χ1n) is 6.71. The largest absolute Gasteiger partial charge is 0.389 e. The molecule has 2 rings (SSSR count). The molecule has 2 N–H and O–H groups in total. The lowest BCUT2D eigenvalue weighted by Gasteiger charge is -2.12.